The Hall–Kier alpha value is -1.98. The molecule has 106 valence electrons. The molecule has 19 heavy (non-hydrogen) atoms. The van der Waals surface area contributed by atoms with Crippen molar-refractivity contribution < 1.29 is 23.5 Å². The van der Waals surface area contributed by atoms with Crippen LogP contribution in [0, 0.1) is 0 Å². The van der Waals surface area contributed by atoms with Crippen LogP contribution in [-0.2, 0) is 9.47 Å². The Labute approximate surface area is 112 Å². The minimum Gasteiger partial charge on any atom is -0.463 e. The number of methoxy groups -OCH3 is 1. The summed E-state index contributed by atoms with van der Waals surface area (Å²) in [6.45, 7) is 7.06. The van der Waals surface area contributed by atoms with Gasteiger partial charge in [-0.1, -0.05) is 0 Å². The molecule has 1 N–H and O–H groups in total. The van der Waals surface area contributed by atoms with Gasteiger partial charge in [-0.3, -0.25) is 0 Å². The molecule has 0 aromatic carbocycles. The van der Waals surface area contributed by atoms with E-state index < -0.39 is 23.7 Å². The number of carbonyl (C=O) groups excluding carboxylic acids is 2. The molecule has 1 aromatic heterocycles. The molecule has 0 aliphatic rings. The monoisotopic (exact) mass is 269 g/mol. The van der Waals surface area contributed by atoms with Gasteiger partial charge in [0.2, 0.25) is 5.76 Å². The number of furan rings is 1. The second-order valence-electron chi connectivity index (χ2n) is 5.06. The number of hydrogen-bond acceptors (Lipinski definition) is 5. The Balaban J connectivity index is 2.63. The fourth-order valence-corrected chi connectivity index (χ4v) is 1.35. The highest BCUT2D eigenvalue weighted by Gasteiger charge is 2.20. The molecular formula is C13H19NO5. The van der Waals surface area contributed by atoms with Gasteiger partial charge in [-0.15, -0.1) is 0 Å². The molecular weight excluding hydrogens is 250 g/mol. The lowest BCUT2D eigenvalue weighted by Crippen LogP contribution is -2.33. The summed E-state index contributed by atoms with van der Waals surface area (Å²) < 4.78 is 14.9. The van der Waals surface area contributed by atoms with Gasteiger partial charge in [-0.05, 0) is 39.8 Å². The van der Waals surface area contributed by atoms with Gasteiger partial charge in [0.05, 0.1) is 13.2 Å². The molecule has 0 aliphatic carbocycles. The third-order valence-electron chi connectivity index (χ3n) is 2.17. The van der Waals surface area contributed by atoms with Crippen molar-refractivity contribution in [2.45, 2.75) is 39.3 Å². The Kier molecular flexibility index (Phi) is 4.58. The number of nitrogens with one attached hydrogen (secondary N) is 1. The van der Waals surface area contributed by atoms with Crippen molar-refractivity contribution in [2.24, 2.45) is 0 Å². The zero-order valence-electron chi connectivity index (χ0n) is 11.8. The lowest BCUT2D eigenvalue weighted by molar-refractivity contribution is 0.0501. The van der Waals surface area contributed by atoms with E-state index in [-0.39, 0.29) is 5.76 Å². The first-order valence-electron chi connectivity index (χ1n) is 5.90. The van der Waals surface area contributed by atoms with Gasteiger partial charge in [0, 0.05) is 0 Å². The summed E-state index contributed by atoms with van der Waals surface area (Å²) in [5.41, 5.74) is -0.565. The molecule has 6 nitrogen and oxygen atoms in total. The van der Waals surface area contributed by atoms with Gasteiger partial charge in [0.1, 0.15) is 11.4 Å². The second-order valence-corrected chi connectivity index (χ2v) is 5.06. The molecule has 0 bridgehead atoms. The number of esters is 1. The van der Waals surface area contributed by atoms with E-state index in [0.717, 1.165) is 0 Å². The van der Waals surface area contributed by atoms with E-state index in [1.165, 1.54) is 13.2 Å². The van der Waals surface area contributed by atoms with Gasteiger partial charge >= 0.3 is 12.1 Å². The molecule has 0 saturated heterocycles. The van der Waals surface area contributed by atoms with Crippen LogP contribution in [0.25, 0.3) is 0 Å². The van der Waals surface area contributed by atoms with Crippen molar-refractivity contribution in [2.75, 3.05) is 7.11 Å². The molecule has 0 spiro atoms. The molecule has 0 radical (unpaired) electrons. The van der Waals surface area contributed by atoms with Crippen molar-refractivity contribution in [3.63, 3.8) is 0 Å². The third kappa shape index (κ3) is 4.65. The summed E-state index contributed by atoms with van der Waals surface area (Å²) >= 11 is 0. The Morgan fingerprint density at radius 1 is 1.32 bits per heavy atom. The second kappa shape index (κ2) is 5.77. The highest BCUT2D eigenvalue weighted by Crippen LogP contribution is 2.17. The SMILES string of the molecule is COC(=O)c1ccc([C@H](C)NC(=O)OC(C)(C)C)o1. The fourth-order valence-electron chi connectivity index (χ4n) is 1.35. The predicted molar refractivity (Wildman–Crippen MR) is 67.8 cm³/mol. The zero-order chi connectivity index (χ0) is 14.6. The summed E-state index contributed by atoms with van der Waals surface area (Å²) in [6, 6.07) is 2.69. The molecule has 1 heterocycles. The maximum absolute atomic E-state index is 11.6. The van der Waals surface area contributed by atoms with Crippen molar-refractivity contribution in [1.82, 2.24) is 5.32 Å². The van der Waals surface area contributed by atoms with E-state index in [2.05, 4.69) is 10.1 Å². The average molecular weight is 269 g/mol. The standard InChI is InChI=1S/C13H19NO5/c1-8(14-12(16)19-13(2,3)4)9-6-7-10(18-9)11(15)17-5/h6-8H,1-5H3,(H,14,16)/t8-/m0/s1. The number of amides is 1. The molecule has 1 rings (SSSR count). The molecule has 1 atom stereocenters. The normalized spacial score (nSPS) is 12.7. The quantitative estimate of drug-likeness (QED) is 0.853. The van der Waals surface area contributed by atoms with Crippen LogP contribution in [-0.4, -0.2) is 24.8 Å². The van der Waals surface area contributed by atoms with E-state index in [1.807, 2.05) is 0 Å². The topological polar surface area (TPSA) is 77.8 Å². The van der Waals surface area contributed by atoms with Gasteiger partial charge in [-0.25, -0.2) is 9.59 Å². The molecule has 1 aromatic rings. The summed E-state index contributed by atoms with van der Waals surface area (Å²) in [4.78, 5) is 22.8. The van der Waals surface area contributed by atoms with Crippen LogP contribution in [0.4, 0.5) is 4.79 Å². The lowest BCUT2D eigenvalue weighted by atomic mass is 10.2. The first-order chi connectivity index (χ1) is 8.73. The molecule has 6 heteroatoms. The van der Waals surface area contributed by atoms with Crippen LogP contribution in [0.5, 0.6) is 0 Å². The Morgan fingerprint density at radius 3 is 2.47 bits per heavy atom. The smallest absolute Gasteiger partial charge is 0.408 e. The maximum Gasteiger partial charge on any atom is 0.408 e. The summed E-state index contributed by atoms with van der Waals surface area (Å²) in [5, 5.41) is 2.62. The van der Waals surface area contributed by atoms with Crippen molar-refractivity contribution in [3.05, 3.63) is 23.7 Å². The Bertz CT molecular complexity index is 458. The molecule has 0 saturated carbocycles. The van der Waals surface area contributed by atoms with Crippen LogP contribution in [0.15, 0.2) is 16.5 Å². The summed E-state index contributed by atoms with van der Waals surface area (Å²) in [5.74, 6) is -0.0164. The third-order valence-corrected chi connectivity index (χ3v) is 2.17. The average Bonchev–Trinajstić information content (AvgIpc) is 2.74. The summed E-state index contributed by atoms with van der Waals surface area (Å²) in [6.07, 6.45) is -0.545. The van der Waals surface area contributed by atoms with Gasteiger partial charge in [0.15, 0.2) is 0 Å². The first kappa shape index (κ1) is 15.1. The van der Waals surface area contributed by atoms with E-state index in [9.17, 15) is 9.59 Å². The van der Waals surface area contributed by atoms with Crippen LogP contribution in [0.1, 0.15) is 50.1 Å². The zero-order valence-corrected chi connectivity index (χ0v) is 11.8. The van der Waals surface area contributed by atoms with Crippen molar-refractivity contribution in [3.8, 4) is 0 Å². The molecule has 0 fully saturated rings. The van der Waals surface area contributed by atoms with E-state index in [1.54, 1.807) is 33.8 Å². The van der Waals surface area contributed by atoms with Crippen molar-refractivity contribution >= 4 is 12.1 Å². The van der Waals surface area contributed by atoms with E-state index >= 15 is 0 Å². The highest BCUT2D eigenvalue weighted by molar-refractivity contribution is 5.86. The molecule has 0 unspecified atom stereocenters. The highest BCUT2D eigenvalue weighted by atomic mass is 16.6. The van der Waals surface area contributed by atoms with Crippen LogP contribution >= 0.6 is 0 Å². The largest absolute Gasteiger partial charge is 0.463 e. The fraction of sp³-hybridized carbons (Fsp3) is 0.538. The van der Waals surface area contributed by atoms with Crippen LogP contribution < -0.4 is 5.32 Å². The predicted octanol–water partition coefficient (Wildman–Crippen LogP) is 2.65. The first-order valence-corrected chi connectivity index (χ1v) is 5.90. The van der Waals surface area contributed by atoms with E-state index in [4.69, 9.17) is 9.15 Å². The minimum atomic E-state index is -0.565. The number of alkyl carbamates (subject to hydrolysis) is 1. The van der Waals surface area contributed by atoms with E-state index in [0.29, 0.717) is 5.76 Å². The Morgan fingerprint density at radius 2 is 1.95 bits per heavy atom. The number of carbonyl (C=O) groups is 2. The van der Waals surface area contributed by atoms with Gasteiger partial charge in [-0.2, -0.15) is 0 Å². The number of rotatable bonds is 3. The van der Waals surface area contributed by atoms with Gasteiger partial charge < -0.3 is 19.2 Å². The number of ether oxygens (including phenoxy) is 2. The maximum atomic E-state index is 11.6. The van der Waals surface area contributed by atoms with Gasteiger partial charge in [0.25, 0.3) is 0 Å². The van der Waals surface area contributed by atoms with Crippen molar-refractivity contribution in [1.29, 1.82) is 0 Å². The molecule has 1 amide bonds. The number of hydrogen-bond donors (Lipinski definition) is 1. The lowest BCUT2D eigenvalue weighted by Gasteiger charge is -2.21. The van der Waals surface area contributed by atoms with Crippen LogP contribution in [0.2, 0.25) is 0 Å². The minimum absolute atomic E-state index is 0.0929. The molecule has 0 aliphatic heterocycles. The summed E-state index contributed by atoms with van der Waals surface area (Å²) in [7, 11) is 1.27. The van der Waals surface area contributed by atoms with Crippen LogP contribution in [0.3, 0.4) is 0 Å².